The minimum absolute atomic E-state index is 0.274. The number of amides is 2. The number of anilines is 3. The number of carbonyl (C=O) groups excluding carboxylic acids is 1. The van der Waals surface area contributed by atoms with Gasteiger partial charge in [-0.05, 0) is 55.3 Å². The Morgan fingerprint density at radius 3 is 2.61 bits per heavy atom. The number of aromatic nitrogens is 3. The van der Waals surface area contributed by atoms with Gasteiger partial charge in [0.15, 0.2) is 5.82 Å². The van der Waals surface area contributed by atoms with Crippen LogP contribution >= 0.6 is 11.6 Å². The Morgan fingerprint density at radius 1 is 1.16 bits per heavy atom. The number of piperidine rings is 1. The summed E-state index contributed by atoms with van der Waals surface area (Å²) in [6.45, 7) is 1.37. The summed E-state index contributed by atoms with van der Waals surface area (Å²) in [6.07, 6.45) is 2.63. The van der Waals surface area contributed by atoms with Crippen molar-refractivity contribution in [1.29, 1.82) is 5.26 Å². The third kappa shape index (κ3) is 4.94. The predicted octanol–water partition coefficient (Wildman–Crippen LogP) is 3.40. The highest BCUT2D eigenvalue weighted by atomic mass is 35.5. The summed E-state index contributed by atoms with van der Waals surface area (Å²) in [5.74, 6) is 0.274. The molecule has 1 saturated heterocycles. The van der Waals surface area contributed by atoms with Crippen LogP contribution in [0.5, 0.6) is 0 Å². The molecule has 3 N–H and O–H groups in total. The summed E-state index contributed by atoms with van der Waals surface area (Å²) in [4.78, 5) is 14.4. The van der Waals surface area contributed by atoms with Crippen LogP contribution in [0.3, 0.4) is 0 Å². The molecule has 9 nitrogen and oxygen atoms in total. The van der Waals surface area contributed by atoms with Gasteiger partial charge in [0.05, 0.1) is 29.2 Å². The number of nitriles is 1. The van der Waals surface area contributed by atoms with Gasteiger partial charge < -0.3 is 15.3 Å². The maximum atomic E-state index is 12.4. The van der Waals surface area contributed by atoms with Crippen LogP contribution in [0.15, 0.2) is 48.7 Å². The molecule has 1 aliphatic heterocycles. The first-order valence-electron chi connectivity index (χ1n) is 9.75. The molecule has 10 heteroatoms. The van der Waals surface area contributed by atoms with Gasteiger partial charge in [0, 0.05) is 23.8 Å². The van der Waals surface area contributed by atoms with Crippen LogP contribution in [-0.2, 0) is 0 Å². The number of hydrogen-bond acceptors (Lipinski definition) is 6. The summed E-state index contributed by atoms with van der Waals surface area (Å²) in [6, 6.07) is 13.9. The molecule has 1 fully saturated rings. The predicted molar refractivity (Wildman–Crippen MR) is 118 cm³/mol. The lowest BCUT2D eigenvalue weighted by molar-refractivity contribution is 0.145. The number of carbonyl (C=O) groups is 1. The third-order valence-electron chi connectivity index (χ3n) is 5.01. The molecule has 0 unspecified atom stereocenters. The lowest BCUT2D eigenvalue weighted by Gasteiger charge is -2.32. The second-order valence-electron chi connectivity index (χ2n) is 7.17. The smallest absolute Gasteiger partial charge is 0.324 e. The zero-order valence-corrected chi connectivity index (χ0v) is 17.3. The van der Waals surface area contributed by atoms with E-state index in [1.807, 2.05) is 6.07 Å². The van der Waals surface area contributed by atoms with Gasteiger partial charge in [-0.25, -0.2) is 9.48 Å². The molecule has 0 radical (unpaired) electrons. The highest BCUT2D eigenvalue weighted by molar-refractivity contribution is 6.30. The van der Waals surface area contributed by atoms with Crippen molar-refractivity contribution in [2.75, 3.05) is 28.6 Å². The number of benzene rings is 2. The summed E-state index contributed by atoms with van der Waals surface area (Å²) in [7, 11) is 0. The van der Waals surface area contributed by atoms with Crippen LogP contribution in [0, 0.1) is 11.3 Å². The van der Waals surface area contributed by atoms with Crippen molar-refractivity contribution in [3.05, 3.63) is 59.2 Å². The maximum Gasteiger partial charge on any atom is 0.324 e. The van der Waals surface area contributed by atoms with Crippen molar-refractivity contribution >= 4 is 34.8 Å². The molecular formula is C21H20ClN7O2. The van der Waals surface area contributed by atoms with Gasteiger partial charge in [0.2, 0.25) is 0 Å². The first kappa shape index (κ1) is 20.7. The van der Waals surface area contributed by atoms with Crippen LogP contribution in [0.2, 0.25) is 5.02 Å². The Morgan fingerprint density at radius 2 is 1.90 bits per heavy atom. The molecule has 3 aromatic rings. The van der Waals surface area contributed by atoms with Gasteiger partial charge in [0.25, 0.3) is 0 Å². The summed E-state index contributed by atoms with van der Waals surface area (Å²) in [5.41, 5.74) is 2.50. The lowest BCUT2D eigenvalue weighted by Crippen LogP contribution is -2.36. The molecule has 0 atom stereocenters. The Balaban J connectivity index is 1.41. The molecule has 0 saturated carbocycles. The molecular weight excluding hydrogens is 418 g/mol. The summed E-state index contributed by atoms with van der Waals surface area (Å²) >= 11 is 5.89. The third-order valence-corrected chi connectivity index (χ3v) is 5.26. The number of urea groups is 1. The van der Waals surface area contributed by atoms with Crippen molar-refractivity contribution in [3.63, 3.8) is 0 Å². The summed E-state index contributed by atoms with van der Waals surface area (Å²) in [5, 5.41) is 33.1. The molecule has 0 spiro atoms. The fraction of sp³-hybridized carbons (Fsp3) is 0.238. The van der Waals surface area contributed by atoms with E-state index < -0.39 is 6.03 Å². The highest BCUT2D eigenvalue weighted by Gasteiger charge is 2.20. The molecule has 1 aliphatic rings. The Kier molecular flexibility index (Phi) is 6.02. The zero-order valence-electron chi connectivity index (χ0n) is 16.5. The minimum atomic E-state index is -0.499. The number of nitrogens with zero attached hydrogens (tertiary/aromatic N) is 5. The largest absolute Gasteiger partial charge is 0.393 e. The normalized spacial score (nSPS) is 14.2. The number of halogens is 1. The van der Waals surface area contributed by atoms with Crippen LogP contribution in [0.4, 0.5) is 22.0 Å². The molecule has 31 heavy (non-hydrogen) atoms. The lowest BCUT2D eigenvalue weighted by atomic mass is 10.1. The van der Waals surface area contributed by atoms with E-state index in [0.29, 0.717) is 42.2 Å². The van der Waals surface area contributed by atoms with E-state index in [4.69, 9.17) is 11.6 Å². The van der Waals surface area contributed by atoms with Crippen LogP contribution in [0.1, 0.15) is 18.4 Å². The van der Waals surface area contributed by atoms with Gasteiger partial charge in [-0.1, -0.05) is 16.8 Å². The van der Waals surface area contributed by atoms with Gasteiger partial charge in [0.1, 0.15) is 6.07 Å². The SMILES string of the molecule is N#Cc1cc(NC(=O)Nc2cn(-c3ccc(Cl)cc3)nn2)ccc1N1CCC(O)CC1. The average Bonchev–Trinajstić information content (AvgIpc) is 3.23. The van der Waals surface area contributed by atoms with Crippen LogP contribution < -0.4 is 15.5 Å². The Bertz CT molecular complexity index is 1120. The first-order valence-corrected chi connectivity index (χ1v) is 10.1. The maximum absolute atomic E-state index is 12.4. The number of nitrogens with one attached hydrogen (secondary N) is 2. The minimum Gasteiger partial charge on any atom is -0.393 e. The number of hydrogen-bond donors (Lipinski definition) is 3. The molecule has 2 heterocycles. The summed E-state index contributed by atoms with van der Waals surface area (Å²) < 4.78 is 1.52. The van der Waals surface area contributed by atoms with E-state index >= 15 is 0 Å². The molecule has 2 amide bonds. The van der Waals surface area contributed by atoms with E-state index in [9.17, 15) is 15.2 Å². The second kappa shape index (κ2) is 9.04. The van der Waals surface area contributed by atoms with E-state index in [1.165, 1.54) is 4.68 Å². The Hall–Kier alpha value is -3.61. The van der Waals surface area contributed by atoms with Crippen molar-refractivity contribution in [3.8, 4) is 11.8 Å². The van der Waals surface area contributed by atoms with Crippen LogP contribution in [-0.4, -0.2) is 45.3 Å². The molecule has 0 aliphatic carbocycles. The van der Waals surface area contributed by atoms with E-state index in [1.54, 1.807) is 42.6 Å². The van der Waals surface area contributed by atoms with Crippen LogP contribution in [0.25, 0.3) is 5.69 Å². The Labute approximate surface area is 183 Å². The molecule has 158 valence electrons. The van der Waals surface area contributed by atoms with Gasteiger partial charge in [-0.2, -0.15) is 5.26 Å². The number of aliphatic hydroxyl groups excluding tert-OH is 1. The molecule has 4 rings (SSSR count). The fourth-order valence-corrected chi connectivity index (χ4v) is 3.53. The monoisotopic (exact) mass is 437 g/mol. The topological polar surface area (TPSA) is 119 Å². The van der Waals surface area contributed by atoms with Gasteiger partial charge in [-0.3, -0.25) is 5.32 Å². The van der Waals surface area contributed by atoms with Crippen molar-refractivity contribution in [2.24, 2.45) is 0 Å². The number of aliphatic hydroxyl groups is 1. The average molecular weight is 438 g/mol. The van der Waals surface area contributed by atoms with Crippen molar-refractivity contribution < 1.29 is 9.90 Å². The molecule has 1 aromatic heterocycles. The molecule has 0 bridgehead atoms. The van der Waals surface area contributed by atoms with E-state index in [0.717, 1.165) is 11.4 Å². The zero-order chi connectivity index (χ0) is 21.8. The highest BCUT2D eigenvalue weighted by Crippen LogP contribution is 2.27. The van der Waals surface area contributed by atoms with Crippen molar-refractivity contribution in [2.45, 2.75) is 18.9 Å². The standard InChI is InChI=1S/C21H20ClN7O2/c22-15-1-4-17(5-2-15)29-13-20(26-27-29)25-21(31)24-16-3-6-19(14(11-16)12-23)28-9-7-18(30)8-10-28/h1-6,11,13,18,30H,7-10H2,(H2,24,25,31). The number of rotatable bonds is 4. The van der Waals surface area contributed by atoms with Crippen molar-refractivity contribution in [1.82, 2.24) is 15.0 Å². The van der Waals surface area contributed by atoms with Gasteiger partial charge >= 0.3 is 6.03 Å². The second-order valence-corrected chi connectivity index (χ2v) is 7.60. The van der Waals surface area contributed by atoms with E-state index in [-0.39, 0.29) is 11.9 Å². The quantitative estimate of drug-likeness (QED) is 0.575. The van der Waals surface area contributed by atoms with Gasteiger partial charge in [-0.15, -0.1) is 5.10 Å². The van der Waals surface area contributed by atoms with E-state index in [2.05, 4.69) is 31.9 Å². The molecule has 2 aromatic carbocycles. The first-order chi connectivity index (χ1) is 15.0. The fourth-order valence-electron chi connectivity index (χ4n) is 3.41.